The Morgan fingerprint density at radius 3 is 2.55 bits per heavy atom. The second-order valence-electron chi connectivity index (χ2n) is 5.55. The van der Waals surface area contributed by atoms with Crippen molar-refractivity contribution in [3.05, 3.63) is 42.0 Å². The number of hydrogen-bond acceptors (Lipinski definition) is 5. The summed E-state index contributed by atoms with van der Waals surface area (Å²) in [5.41, 5.74) is 1.11. The summed E-state index contributed by atoms with van der Waals surface area (Å²) in [6.45, 7) is 0.628. The number of rotatable bonds is 4. The molecular formula is C15H19N3O3S. The maximum Gasteiger partial charge on any atom is 0.150 e. The fraction of sp³-hybridized carbons (Fsp3) is 0.467. The molecule has 7 heteroatoms. The van der Waals surface area contributed by atoms with Crippen molar-refractivity contribution >= 4 is 9.84 Å². The van der Waals surface area contributed by atoms with Gasteiger partial charge in [-0.1, -0.05) is 12.1 Å². The number of aromatic nitrogens is 3. The summed E-state index contributed by atoms with van der Waals surface area (Å²) in [5.74, 6) is 2.36. The first-order chi connectivity index (χ1) is 10.6. The molecular weight excluding hydrogens is 302 g/mol. The molecule has 0 unspecified atom stereocenters. The molecule has 0 amide bonds. The molecule has 118 valence electrons. The van der Waals surface area contributed by atoms with Gasteiger partial charge in [0.25, 0.3) is 0 Å². The molecule has 1 saturated heterocycles. The molecule has 1 aliphatic heterocycles. The van der Waals surface area contributed by atoms with Gasteiger partial charge in [0, 0.05) is 5.92 Å². The van der Waals surface area contributed by atoms with Crippen molar-refractivity contribution in [2.45, 2.75) is 25.3 Å². The van der Waals surface area contributed by atoms with Gasteiger partial charge in [-0.3, -0.25) is 0 Å². The highest BCUT2D eigenvalue weighted by atomic mass is 32.2. The molecule has 1 aromatic carbocycles. The lowest BCUT2D eigenvalue weighted by atomic mass is 10.0. The molecule has 0 saturated carbocycles. The van der Waals surface area contributed by atoms with Crippen LogP contribution in [0.4, 0.5) is 0 Å². The number of nitrogens with zero attached hydrogens (tertiary/aromatic N) is 3. The van der Waals surface area contributed by atoms with Gasteiger partial charge in [0.05, 0.1) is 25.2 Å². The van der Waals surface area contributed by atoms with E-state index in [0.29, 0.717) is 19.4 Å². The quantitative estimate of drug-likeness (QED) is 0.855. The van der Waals surface area contributed by atoms with Crippen molar-refractivity contribution in [2.75, 3.05) is 18.6 Å². The molecule has 1 fully saturated rings. The number of benzene rings is 1. The highest BCUT2D eigenvalue weighted by Crippen LogP contribution is 2.27. The van der Waals surface area contributed by atoms with Crippen LogP contribution in [0.25, 0.3) is 0 Å². The standard InChI is InChI=1S/C15H19N3O3S/c1-21-14-4-2-12(3-5-14)10-18-15(16-11-17-18)13-6-8-22(19,20)9-7-13/h2-5,11,13H,6-10H2,1H3. The van der Waals surface area contributed by atoms with Crippen LogP contribution in [0.5, 0.6) is 5.75 Å². The molecule has 2 heterocycles. The molecule has 3 rings (SSSR count). The van der Waals surface area contributed by atoms with E-state index in [1.807, 2.05) is 28.9 Å². The lowest BCUT2D eigenvalue weighted by molar-refractivity contribution is 0.414. The first kappa shape index (κ1) is 15.0. The Morgan fingerprint density at radius 1 is 1.23 bits per heavy atom. The van der Waals surface area contributed by atoms with Gasteiger partial charge in [0.1, 0.15) is 27.7 Å². The van der Waals surface area contributed by atoms with Crippen LogP contribution in [0.1, 0.15) is 30.1 Å². The molecule has 0 aliphatic carbocycles. The Morgan fingerprint density at radius 2 is 1.91 bits per heavy atom. The summed E-state index contributed by atoms with van der Waals surface area (Å²) < 4.78 is 30.1. The maximum absolute atomic E-state index is 11.5. The number of methoxy groups -OCH3 is 1. The summed E-state index contributed by atoms with van der Waals surface area (Å²) >= 11 is 0. The average molecular weight is 321 g/mol. The van der Waals surface area contributed by atoms with Crippen LogP contribution in [0.3, 0.4) is 0 Å². The van der Waals surface area contributed by atoms with E-state index < -0.39 is 9.84 Å². The average Bonchev–Trinajstić information content (AvgIpc) is 2.96. The van der Waals surface area contributed by atoms with Gasteiger partial charge in [-0.2, -0.15) is 5.10 Å². The Labute approximate surface area is 130 Å². The van der Waals surface area contributed by atoms with E-state index >= 15 is 0 Å². The summed E-state index contributed by atoms with van der Waals surface area (Å²) in [5, 5.41) is 4.29. The zero-order valence-electron chi connectivity index (χ0n) is 12.5. The Balaban J connectivity index is 1.74. The minimum atomic E-state index is -2.86. The van der Waals surface area contributed by atoms with Crippen LogP contribution in [0.2, 0.25) is 0 Å². The summed E-state index contributed by atoms with van der Waals surface area (Å²) in [6, 6.07) is 7.82. The van der Waals surface area contributed by atoms with E-state index in [-0.39, 0.29) is 17.4 Å². The van der Waals surface area contributed by atoms with Gasteiger partial charge in [-0.05, 0) is 30.5 Å². The molecule has 1 aliphatic rings. The third-order valence-corrected chi connectivity index (χ3v) is 5.77. The van der Waals surface area contributed by atoms with Gasteiger partial charge in [-0.25, -0.2) is 18.1 Å². The van der Waals surface area contributed by atoms with Gasteiger partial charge in [-0.15, -0.1) is 0 Å². The predicted molar refractivity (Wildman–Crippen MR) is 82.7 cm³/mol. The van der Waals surface area contributed by atoms with Crippen molar-refractivity contribution in [3.8, 4) is 5.75 Å². The van der Waals surface area contributed by atoms with Crippen LogP contribution >= 0.6 is 0 Å². The van der Waals surface area contributed by atoms with Crippen molar-refractivity contribution in [2.24, 2.45) is 0 Å². The van der Waals surface area contributed by atoms with E-state index in [1.165, 1.54) is 0 Å². The second-order valence-corrected chi connectivity index (χ2v) is 7.85. The highest BCUT2D eigenvalue weighted by Gasteiger charge is 2.27. The molecule has 2 aromatic rings. The largest absolute Gasteiger partial charge is 0.497 e. The maximum atomic E-state index is 11.5. The number of hydrogen-bond donors (Lipinski definition) is 0. The minimum absolute atomic E-state index is 0.171. The molecule has 6 nitrogen and oxygen atoms in total. The van der Waals surface area contributed by atoms with Crippen molar-refractivity contribution < 1.29 is 13.2 Å². The second kappa shape index (κ2) is 6.08. The van der Waals surface area contributed by atoms with Crippen molar-refractivity contribution in [3.63, 3.8) is 0 Å². The lowest BCUT2D eigenvalue weighted by Gasteiger charge is -2.21. The zero-order valence-corrected chi connectivity index (χ0v) is 13.3. The van der Waals surface area contributed by atoms with Gasteiger partial charge in [0.15, 0.2) is 0 Å². The van der Waals surface area contributed by atoms with Gasteiger partial charge < -0.3 is 4.74 Å². The van der Waals surface area contributed by atoms with E-state index in [1.54, 1.807) is 13.4 Å². The van der Waals surface area contributed by atoms with Crippen molar-refractivity contribution in [1.82, 2.24) is 14.8 Å². The summed E-state index contributed by atoms with van der Waals surface area (Å²) in [6.07, 6.45) is 2.80. The first-order valence-corrected chi connectivity index (χ1v) is 9.10. The molecule has 0 spiro atoms. The van der Waals surface area contributed by atoms with E-state index in [0.717, 1.165) is 17.1 Å². The monoisotopic (exact) mass is 321 g/mol. The van der Waals surface area contributed by atoms with Crippen LogP contribution in [0, 0.1) is 0 Å². The van der Waals surface area contributed by atoms with Crippen molar-refractivity contribution in [1.29, 1.82) is 0 Å². The fourth-order valence-electron chi connectivity index (χ4n) is 2.76. The fourth-order valence-corrected chi connectivity index (χ4v) is 4.25. The summed E-state index contributed by atoms with van der Waals surface area (Å²) in [7, 11) is -1.22. The molecule has 0 radical (unpaired) electrons. The topological polar surface area (TPSA) is 74.1 Å². The summed E-state index contributed by atoms with van der Waals surface area (Å²) in [4.78, 5) is 4.35. The van der Waals surface area contributed by atoms with E-state index in [4.69, 9.17) is 4.74 Å². The Kier molecular flexibility index (Phi) is 4.15. The predicted octanol–water partition coefficient (Wildman–Crippen LogP) is 1.63. The molecule has 22 heavy (non-hydrogen) atoms. The molecule has 0 bridgehead atoms. The Hall–Kier alpha value is -1.89. The molecule has 0 N–H and O–H groups in total. The third kappa shape index (κ3) is 3.30. The first-order valence-electron chi connectivity index (χ1n) is 7.28. The van der Waals surface area contributed by atoms with E-state index in [9.17, 15) is 8.42 Å². The smallest absolute Gasteiger partial charge is 0.150 e. The number of sulfone groups is 1. The highest BCUT2D eigenvalue weighted by molar-refractivity contribution is 7.91. The lowest BCUT2D eigenvalue weighted by Crippen LogP contribution is -2.24. The normalized spacial score (nSPS) is 18.2. The molecule has 0 atom stereocenters. The van der Waals surface area contributed by atoms with E-state index in [2.05, 4.69) is 10.1 Å². The van der Waals surface area contributed by atoms with Gasteiger partial charge in [0.2, 0.25) is 0 Å². The third-order valence-electron chi connectivity index (χ3n) is 4.06. The van der Waals surface area contributed by atoms with Crippen LogP contribution < -0.4 is 4.74 Å². The van der Waals surface area contributed by atoms with Crippen LogP contribution in [-0.2, 0) is 16.4 Å². The Bertz CT molecular complexity index is 724. The van der Waals surface area contributed by atoms with Gasteiger partial charge >= 0.3 is 0 Å². The zero-order chi connectivity index (χ0) is 15.6. The SMILES string of the molecule is COc1ccc(Cn2ncnc2C2CCS(=O)(=O)CC2)cc1. The number of ether oxygens (including phenoxy) is 1. The minimum Gasteiger partial charge on any atom is -0.497 e. The van der Waals surface area contributed by atoms with Crippen LogP contribution in [-0.4, -0.2) is 41.8 Å². The molecule has 1 aromatic heterocycles. The van der Waals surface area contributed by atoms with Crippen LogP contribution in [0.15, 0.2) is 30.6 Å².